The number of aryl methyl sites for hydroxylation is 2. The standard InChI is InChI=1S/C18H18Cl2N2O2/c1-11-7-8-15(12(2)9-11)21-17(24)10-22(13(3)23)16-6-4-5-14(19)18(16)20/h4-9H,10H2,1-3H3,(H,21,24). The van der Waals surface area contributed by atoms with E-state index in [2.05, 4.69) is 5.32 Å². The molecule has 2 aromatic rings. The van der Waals surface area contributed by atoms with Crippen LogP contribution in [0.2, 0.25) is 10.0 Å². The van der Waals surface area contributed by atoms with E-state index in [4.69, 9.17) is 23.2 Å². The maximum absolute atomic E-state index is 12.4. The van der Waals surface area contributed by atoms with Crippen LogP contribution in [0.1, 0.15) is 18.1 Å². The van der Waals surface area contributed by atoms with Gasteiger partial charge in [-0.2, -0.15) is 0 Å². The Labute approximate surface area is 151 Å². The van der Waals surface area contributed by atoms with Gasteiger partial charge in [0.1, 0.15) is 6.54 Å². The van der Waals surface area contributed by atoms with Crippen molar-refractivity contribution in [1.29, 1.82) is 0 Å². The summed E-state index contributed by atoms with van der Waals surface area (Å²) in [5.41, 5.74) is 3.19. The van der Waals surface area contributed by atoms with Crippen LogP contribution in [-0.4, -0.2) is 18.4 Å². The normalized spacial score (nSPS) is 10.4. The van der Waals surface area contributed by atoms with E-state index < -0.39 is 0 Å². The molecule has 0 spiro atoms. The van der Waals surface area contributed by atoms with Gasteiger partial charge in [-0.3, -0.25) is 9.59 Å². The summed E-state index contributed by atoms with van der Waals surface area (Å²) in [5.74, 6) is -0.608. The van der Waals surface area contributed by atoms with Crippen LogP contribution in [0.15, 0.2) is 36.4 Å². The third-order valence-electron chi connectivity index (χ3n) is 3.56. The zero-order chi connectivity index (χ0) is 17.9. The molecule has 126 valence electrons. The van der Waals surface area contributed by atoms with Gasteiger partial charge in [-0.1, -0.05) is 47.0 Å². The number of halogens is 2. The number of nitrogens with zero attached hydrogens (tertiary/aromatic N) is 1. The number of hydrogen-bond donors (Lipinski definition) is 1. The van der Waals surface area contributed by atoms with Gasteiger partial charge in [0.2, 0.25) is 11.8 Å². The third-order valence-corrected chi connectivity index (χ3v) is 4.37. The number of nitrogens with one attached hydrogen (secondary N) is 1. The Hall–Kier alpha value is -2.04. The van der Waals surface area contributed by atoms with Crippen molar-refractivity contribution < 1.29 is 9.59 Å². The fourth-order valence-corrected chi connectivity index (χ4v) is 2.75. The molecular formula is C18H18Cl2N2O2. The second-order valence-electron chi connectivity index (χ2n) is 5.54. The van der Waals surface area contributed by atoms with Crippen LogP contribution >= 0.6 is 23.2 Å². The van der Waals surface area contributed by atoms with Gasteiger partial charge in [0.05, 0.1) is 15.7 Å². The second kappa shape index (κ2) is 7.69. The Morgan fingerprint density at radius 1 is 1.12 bits per heavy atom. The summed E-state index contributed by atoms with van der Waals surface area (Å²) >= 11 is 12.2. The van der Waals surface area contributed by atoms with E-state index in [0.29, 0.717) is 16.4 Å². The van der Waals surface area contributed by atoms with Crippen LogP contribution in [0, 0.1) is 13.8 Å². The molecule has 0 radical (unpaired) electrons. The number of rotatable bonds is 4. The minimum absolute atomic E-state index is 0.150. The fourth-order valence-electron chi connectivity index (χ4n) is 2.35. The average molecular weight is 365 g/mol. The summed E-state index contributed by atoms with van der Waals surface area (Å²) in [6.07, 6.45) is 0. The molecule has 6 heteroatoms. The van der Waals surface area contributed by atoms with Gasteiger partial charge in [-0.05, 0) is 37.6 Å². The molecule has 0 atom stereocenters. The lowest BCUT2D eigenvalue weighted by Gasteiger charge is -2.22. The molecule has 0 aliphatic carbocycles. The minimum Gasteiger partial charge on any atom is -0.324 e. The fraction of sp³-hybridized carbons (Fsp3) is 0.222. The highest BCUT2D eigenvalue weighted by Crippen LogP contribution is 2.32. The van der Waals surface area contributed by atoms with E-state index in [0.717, 1.165) is 11.1 Å². The molecule has 0 aliphatic heterocycles. The van der Waals surface area contributed by atoms with Crippen molar-refractivity contribution in [3.05, 3.63) is 57.6 Å². The zero-order valence-electron chi connectivity index (χ0n) is 13.7. The van der Waals surface area contributed by atoms with Crippen molar-refractivity contribution in [1.82, 2.24) is 0 Å². The molecule has 0 unspecified atom stereocenters. The molecule has 0 aliphatic rings. The maximum Gasteiger partial charge on any atom is 0.244 e. The van der Waals surface area contributed by atoms with Gasteiger partial charge in [-0.25, -0.2) is 0 Å². The number of benzene rings is 2. The van der Waals surface area contributed by atoms with Crippen molar-refractivity contribution in [2.24, 2.45) is 0 Å². The highest BCUT2D eigenvalue weighted by Gasteiger charge is 2.19. The highest BCUT2D eigenvalue weighted by molar-refractivity contribution is 6.44. The van der Waals surface area contributed by atoms with Crippen molar-refractivity contribution in [3.63, 3.8) is 0 Å². The lowest BCUT2D eigenvalue weighted by molar-refractivity contribution is -0.120. The summed E-state index contributed by atoms with van der Waals surface area (Å²) in [7, 11) is 0. The third kappa shape index (κ3) is 4.28. The van der Waals surface area contributed by atoms with Crippen LogP contribution in [0.4, 0.5) is 11.4 Å². The van der Waals surface area contributed by atoms with E-state index in [1.54, 1.807) is 18.2 Å². The van der Waals surface area contributed by atoms with Crippen LogP contribution in [0.3, 0.4) is 0 Å². The first-order chi connectivity index (χ1) is 11.3. The van der Waals surface area contributed by atoms with Crippen LogP contribution in [0.5, 0.6) is 0 Å². The number of amides is 2. The molecule has 0 saturated carbocycles. The van der Waals surface area contributed by atoms with Crippen molar-refractivity contribution in [3.8, 4) is 0 Å². The topological polar surface area (TPSA) is 49.4 Å². The molecule has 0 fully saturated rings. The molecule has 0 aromatic heterocycles. The van der Waals surface area contributed by atoms with Gasteiger partial charge >= 0.3 is 0 Å². The molecule has 4 nitrogen and oxygen atoms in total. The van der Waals surface area contributed by atoms with Gasteiger partial charge in [0.15, 0.2) is 0 Å². The van der Waals surface area contributed by atoms with Gasteiger partial charge < -0.3 is 10.2 Å². The largest absolute Gasteiger partial charge is 0.324 e. The second-order valence-corrected chi connectivity index (χ2v) is 6.33. The van der Waals surface area contributed by atoms with Gasteiger partial charge in [-0.15, -0.1) is 0 Å². The maximum atomic E-state index is 12.4. The minimum atomic E-state index is -0.312. The number of carbonyl (C=O) groups excluding carboxylic acids is 2. The first kappa shape index (κ1) is 18.3. The summed E-state index contributed by atoms with van der Waals surface area (Å²) in [4.78, 5) is 25.6. The van der Waals surface area contributed by atoms with Crippen LogP contribution < -0.4 is 10.2 Å². The van der Waals surface area contributed by atoms with E-state index in [1.807, 2.05) is 32.0 Å². The van der Waals surface area contributed by atoms with Crippen molar-refractivity contribution in [2.45, 2.75) is 20.8 Å². The lowest BCUT2D eigenvalue weighted by atomic mass is 10.1. The first-order valence-corrected chi connectivity index (χ1v) is 8.14. The molecule has 0 saturated heterocycles. The van der Waals surface area contributed by atoms with E-state index in [1.165, 1.54) is 11.8 Å². The Morgan fingerprint density at radius 2 is 1.83 bits per heavy atom. The summed E-state index contributed by atoms with van der Waals surface area (Å²) < 4.78 is 0. The molecule has 0 bridgehead atoms. The first-order valence-electron chi connectivity index (χ1n) is 7.39. The van der Waals surface area contributed by atoms with Crippen molar-refractivity contribution >= 4 is 46.4 Å². The predicted octanol–water partition coefficient (Wildman–Crippen LogP) is 4.60. The average Bonchev–Trinajstić information content (AvgIpc) is 2.50. The quantitative estimate of drug-likeness (QED) is 0.861. The highest BCUT2D eigenvalue weighted by atomic mass is 35.5. The van der Waals surface area contributed by atoms with Crippen LogP contribution in [0.25, 0.3) is 0 Å². The zero-order valence-corrected chi connectivity index (χ0v) is 15.2. The number of anilines is 2. The molecule has 24 heavy (non-hydrogen) atoms. The van der Waals surface area contributed by atoms with E-state index >= 15 is 0 Å². The Balaban J connectivity index is 2.20. The Morgan fingerprint density at radius 3 is 2.46 bits per heavy atom. The smallest absolute Gasteiger partial charge is 0.244 e. The van der Waals surface area contributed by atoms with Crippen molar-refractivity contribution in [2.75, 3.05) is 16.8 Å². The summed E-state index contributed by atoms with van der Waals surface area (Å²) in [5, 5.41) is 3.39. The summed E-state index contributed by atoms with van der Waals surface area (Å²) in [6.45, 7) is 5.13. The summed E-state index contributed by atoms with van der Waals surface area (Å²) in [6, 6.07) is 10.7. The molecule has 2 aromatic carbocycles. The van der Waals surface area contributed by atoms with Crippen LogP contribution in [-0.2, 0) is 9.59 Å². The number of carbonyl (C=O) groups is 2. The lowest BCUT2D eigenvalue weighted by Crippen LogP contribution is -2.37. The van der Waals surface area contributed by atoms with Gasteiger partial charge in [0.25, 0.3) is 0 Å². The molecule has 2 rings (SSSR count). The monoisotopic (exact) mass is 364 g/mol. The Bertz CT molecular complexity index is 791. The van der Waals surface area contributed by atoms with Gasteiger partial charge in [0, 0.05) is 12.6 Å². The molecule has 0 heterocycles. The predicted molar refractivity (Wildman–Crippen MR) is 99.0 cm³/mol. The molecular weight excluding hydrogens is 347 g/mol. The van der Waals surface area contributed by atoms with E-state index in [-0.39, 0.29) is 23.4 Å². The molecule has 2 amide bonds. The molecule has 1 N–H and O–H groups in total. The Kier molecular flexibility index (Phi) is 5.86. The number of hydrogen-bond acceptors (Lipinski definition) is 2. The SMILES string of the molecule is CC(=O)N(CC(=O)Nc1ccc(C)cc1C)c1cccc(Cl)c1Cl. The van der Waals surface area contributed by atoms with E-state index in [9.17, 15) is 9.59 Å².